The number of epoxide rings is 1. The van der Waals surface area contributed by atoms with Gasteiger partial charge in [-0.2, -0.15) is 0 Å². The zero-order chi connectivity index (χ0) is 15.6. The molecule has 1 saturated carbocycles. The molecule has 1 saturated heterocycles. The second-order valence-corrected chi connectivity index (χ2v) is 6.69. The average Bonchev–Trinajstić information content (AvgIpc) is 3.22. The predicted octanol–water partition coefficient (Wildman–Crippen LogP) is 2.65. The normalized spacial score (nSPS) is 32.8. The Kier molecular flexibility index (Phi) is 2.90. The minimum Gasteiger partial charge on any atom is -0.496 e. The Morgan fingerprint density at radius 1 is 1.10 bits per heavy atom. The molecule has 1 aromatic carbocycles. The van der Waals surface area contributed by atoms with Crippen LogP contribution < -0.4 is 9.47 Å². The molecule has 4 nitrogen and oxygen atoms in total. The fourth-order valence-electron chi connectivity index (χ4n) is 3.66. The molecule has 3 atom stereocenters. The fraction of sp³-hybridized carbons (Fsp3) is 0.588. The van der Waals surface area contributed by atoms with Crippen LogP contribution in [0.5, 0.6) is 11.5 Å². The van der Waals surface area contributed by atoms with Gasteiger partial charge in [-0.1, -0.05) is 20.8 Å². The molecule has 1 aromatic rings. The molecule has 0 bridgehead atoms. The van der Waals surface area contributed by atoms with Crippen LogP contribution in [0.3, 0.4) is 0 Å². The van der Waals surface area contributed by atoms with Crippen LogP contribution in [0.15, 0.2) is 12.1 Å². The lowest BCUT2D eigenvalue weighted by Crippen LogP contribution is -2.44. The Labute approximate surface area is 125 Å². The second-order valence-electron chi connectivity index (χ2n) is 6.69. The number of aryl methyl sites for hydroxylation is 1. The molecule has 114 valence electrons. The van der Waals surface area contributed by atoms with Crippen molar-refractivity contribution in [3.05, 3.63) is 23.3 Å². The summed E-state index contributed by atoms with van der Waals surface area (Å²) < 4.78 is 16.7. The quantitative estimate of drug-likeness (QED) is 0.803. The highest BCUT2D eigenvalue weighted by Crippen LogP contribution is 2.62. The largest absolute Gasteiger partial charge is 0.496 e. The van der Waals surface area contributed by atoms with Gasteiger partial charge in [0, 0.05) is 16.4 Å². The molecule has 0 radical (unpaired) electrons. The third-order valence-corrected chi connectivity index (χ3v) is 5.51. The van der Waals surface area contributed by atoms with Gasteiger partial charge in [0.25, 0.3) is 0 Å². The summed E-state index contributed by atoms with van der Waals surface area (Å²) in [4.78, 5) is 12.5. The summed E-state index contributed by atoms with van der Waals surface area (Å²) in [6.07, 6.45) is -0.330. The number of ketones is 1. The number of hydrogen-bond acceptors (Lipinski definition) is 4. The van der Waals surface area contributed by atoms with Crippen LogP contribution in [0.25, 0.3) is 0 Å². The zero-order valence-electron chi connectivity index (χ0n) is 13.4. The van der Waals surface area contributed by atoms with Crippen LogP contribution in [0, 0.1) is 12.3 Å². The molecule has 0 unspecified atom stereocenters. The Morgan fingerprint density at radius 2 is 1.71 bits per heavy atom. The molecule has 3 rings (SSSR count). The van der Waals surface area contributed by atoms with Crippen molar-refractivity contribution in [2.24, 2.45) is 5.41 Å². The minimum absolute atomic E-state index is 0.0682. The third-order valence-electron chi connectivity index (χ3n) is 5.51. The summed E-state index contributed by atoms with van der Waals surface area (Å²) >= 11 is 0. The highest BCUT2D eigenvalue weighted by Gasteiger charge is 2.73. The number of fused-ring (bicyclic) bond motifs is 1. The van der Waals surface area contributed by atoms with E-state index in [-0.39, 0.29) is 18.0 Å². The van der Waals surface area contributed by atoms with Crippen LogP contribution in [0.4, 0.5) is 0 Å². The Balaban J connectivity index is 2.22. The highest BCUT2D eigenvalue weighted by molar-refractivity contribution is 5.97. The van der Waals surface area contributed by atoms with E-state index in [4.69, 9.17) is 14.2 Å². The average molecular weight is 290 g/mol. The molecule has 21 heavy (non-hydrogen) atoms. The van der Waals surface area contributed by atoms with Crippen LogP contribution in [0.2, 0.25) is 0 Å². The molecule has 2 fully saturated rings. The van der Waals surface area contributed by atoms with Crippen molar-refractivity contribution in [1.29, 1.82) is 0 Å². The maximum Gasteiger partial charge on any atom is 0.170 e. The fourth-order valence-corrected chi connectivity index (χ4v) is 3.66. The molecular weight excluding hydrogens is 268 g/mol. The van der Waals surface area contributed by atoms with Crippen molar-refractivity contribution in [1.82, 2.24) is 0 Å². The number of carbonyl (C=O) groups is 1. The molecule has 0 amide bonds. The van der Waals surface area contributed by atoms with E-state index in [0.29, 0.717) is 0 Å². The van der Waals surface area contributed by atoms with Gasteiger partial charge in [0.05, 0.1) is 14.2 Å². The van der Waals surface area contributed by atoms with Crippen LogP contribution in [-0.4, -0.2) is 32.2 Å². The van der Waals surface area contributed by atoms with Gasteiger partial charge in [-0.05, 0) is 24.6 Å². The van der Waals surface area contributed by atoms with E-state index in [1.165, 1.54) is 0 Å². The summed E-state index contributed by atoms with van der Waals surface area (Å²) in [6, 6.07) is 3.96. The van der Waals surface area contributed by atoms with E-state index in [9.17, 15) is 4.79 Å². The number of benzene rings is 1. The predicted molar refractivity (Wildman–Crippen MR) is 79.1 cm³/mol. The molecule has 0 N–H and O–H groups in total. The first-order valence-corrected chi connectivity index (χ1v) is 7.22. The number of methoxy groups -OCH3 is 2. The number of rotatable bonds is 3. The van der Waals surface area contributed by atoms with Crippen molar-refractivity contribution in [3.63, 3.8) is 0 Å². The van der Waals surface area contributed by atoms with Crippen molar-refractivity contribution in [2.45, 2.75) is 45.3 Å². The van der Waals surface area contributed by atoms with Gasteiger partial charge in [-0.15, -0.1) is 0 Å². The molecule has 0 aromatic heterocycles. The zero-order valence-corrected chi connectivity index (χ0v) is 13.4. The van der Waals surface area contributed by atoms with E-state index in [0.717, 1.165) is 22.6 Å². The second kappa shape index (κ2) is 4.23. The molecule has 1 aliphatic heterocycles. The van der Waals surface area contributed by atoms with Gasteiger partial charge >= 0.3 is 0 Å². The first kappa shape index (κ1) is 14.4. The monoisotopic (exact) mass is 290 g/mol. The van der Waals surface area contributed by atoms with Crippen molar-refractivity contribution < 1.29 is 19.0 Å². The molecule has 1 aliphatic carbocycles. The maximum absolute atomic E-state index is 12.5. The van der Waals surface area contributed by atoms with Gasteiger partial charge in [0.2, 0.25) is 0 Å². The first-order valence-electron chi connectivity index (χ1n) is 7.22. The van der Waals surface area contributed by atoms with Gasteiger partial charge in [-0.25, -0.2) is 0 Å². The van der Waals surface area contributed by atoms with Crippen LogP contribution in [0.1, 0.15) is 31.9 Å². The SMILES string of the molecule is COc1cc([C@@]2(C)[C@@H]3O[C@@H]3C(=O)C2(C)C)c(OC)cc1C. The van der Waals surface area contributed by atoms with E-state index in [1.807, 2.05) is 32.9 Å². The van der Waals surface area contributed by atoms with E-state index in [2.05, 4.69) is 6.92 Å². The molecule has 2 aliphatic rings. The van der Waals surface area contributed by atoms with Gasteiger partial charge in [0.15, 0.2) is 5.78 Å². The Hall–Kier alpha value is -1.55. The number of hydrogen-bond donors (Lipinski definition) is 0. The van der Waals surface area contributed by atoms with Gasteiger partial charge in [-0.3, -0.25) is 4.79 Å². The summed E-state index contributed by atoms with van der Waals surface area (Å²) in [7, 11) is 3.31. The first-order chi connectivity index (χ1) is 9.78. The van der Waals surface area contributed by atoms with Crippen LogP contribution in [-0.2, 0) is 14.9 Å². The van der Waals surface area contributed by atoms with Gasteiger partial charge < -0.3 is 14.2 Å². The van der Waals surface area contributed by atoms with E-state index in [1.54, 1.807) is 14.2 Å². The number of carbonyl (C=O) groups excluding carboxylic acids is 1. The lowest BCUT2D eigenvalue weighted by molar-refractivity contribution is -0.131. The Morgan fingerprint density at radius 3 is 2.19 bits per heavy atom. The summed E-state index contributed by atoms with van der Waals surface area (Å²) in [5.74, 6) is 1.77. The molecule has 4 heteroatoms. The van der Waals surface area contributed by atoms with Crippen molar-refractivity contribution in [3.8, 4) is 11.5 Å². The minimum atomic E-state index is -0.492. The lowest BCUT2D eigenvalue weighted by Gasteiger charge is -2.40. The van der Waals surface area contributed by atoms with E-state index < -0.39 is 10.8 Å². The Bertz CT molecular complexity index is 619. The number of ether oxygens (including phenoxy) is 3. The topological polar surface area (TPSA) is 48.1 Å². The standard InChI is InChI=1S/C17H22O4/c1-9-7-12(20-6)10(8-11(9)19-5)17(4)15-13(21-15)14(18)16(17,2)3/h7-8,13,15H,1-6H3/t13-,15-,17+/m1/s1. The number of Topliss-reactive ketones (excluding diaryl/α,β-unsaturated/α-hetero) is 1. The summed E-state index contributed by atoms with van der Waals surface area (Å²) in [5, 5.41) is 0. The summed E-state index contributed by atoms with van der Waals surface area (Å²) in [6.45, 7) is 8.07. The molecular formula is C17H22O4. The van der Waals surface area contributed by atoms with Gasteiger partial charge in [0.1, 0.15) is 23.7 Å². The van der Waals surface area contributed by atoms with Crippen LogP contribution >= 0.6 is 0 Å². The summed E-state index contributed by atoms with van der Waals surface area (Å²) in [5.41, 5.74) is 1.09. The smallest absolute Gasteiger partial charge is 0.170 e. The van der Waals surface area contributed by atoms with Crippen molar-refractivity contribution >= 4 is 5.78 Å². The maximum atomic E-state index is 12.5. The molecule has 0 spiro atoms. The van der Waals surface area contributed by atoms with Crippen molar-refractivity contribution in [2.75, 3.05) is 14.2 Å². The van der Waals surface area contributed by atoms with E-state index >= 15 is 0 Å². The molecule has 1 heterocycles. The highest BCUT2D eigenvalue weighted by atomic mass is 16.6. The third kappa shape index (κ3) is 1.62. The lowest BCUT2D eigenvalue weighted by atomic mass is 9.63.